The lowest BCUT2D eigenvalue weighted by atomic mass is 9.86. The van der Waals surface area contributed by atoms with Crippen LogP contribution in [0, 0.1) is 0 Å². The van der Waals surface area contributed by atoms with Gasteiger partial charge in [-0.15, -0.1) is 0 Å². The highest BCUT2D eigenvalue weighted by atomic mass is 79.9. The number of halogens is 1. The van der Waals surface area contributed by atoms with E-state index in [9.17, 15) is 9.90 Å². The predicted molar refractivity (Wildman–Crippen MR) is 101 cm³/mol. The molecule has 3 nitrogen and oxygen atoms in total. The third-order valence-corrected chi connectivity index (χ3v) is 6.21. The molecule has 3 aromatic rings. The van der Waals surface area contributed by atoms with E-state index in [4.69, 9.17) is 4.98 Å². The number of pyridine rings is 1. The van der Waals surface area contributed by atoms with Crippen LogP contribution in [0.1, 0.15) is 52.6 Å². The molecule has 5 rings (SSSR count). The fraction of sp³-hybridized carbons (Fsp3) is 0.238. The Hall–Kier alpha value is -2.20. The Kier molecular flexibility index (Phi) is 3.26. The number of fused-ring (bicyclic) bond motifs is 7. The summed E-state index contributed by atoms with van der Waals surface area (Å²) in [4.78, 5) is 16.4. The number of aromatic carboxylic acids is 1. The molecule has 2 aromatic carbocycles. The number of hydrogen-bond donors (Lipinski definition) is 1. The molecule has 4 heteroatoms. The summed E-state index contributed by atoms with van der Waals surface area (Å²) in [5.74, 6) is 0.226. The lowest BCUT2D eigenvalue weighted by Gasteiger charge is -2.21. The molecule has 124 valence electrons. The summed E-state index contributed by atoms with van der Waals surface area (Å²) >= 11 is 3.50. The topological polar surface area (TPSA) is 50.2 Å². The van der Waals surface area contributed by atoms with Gasteiger partial charge in [-0.1, -0.05) is 28.1 Å². The first-order valence-corrected chi connectivity index (χ1v) is 9.38. The summed E-state index contributed by atoms with van der Waals surface area (Å²) < 4.78 is 1.06. The predicted octanol–water partition coefficient (Wildman–Crippen LogP) is 5.73. The van der Waals surface area contributed by atoms with Gasteiger partial charge in [-0.2, -0.15) is 0 Å². The van der Waals surface area contributed by atoms with Gasteiger partial charge >= 0.3 is 5.97 Å². The molecule has 0 amide bonds. The second kappa shape index (κ2) is 5.40. The average molecular weight is 394 g/mol. The minimum atomic E-state index is -0.879. The molecule has 1 saturated carbocycles. The molecule has 0 saturated heterocycles. The monoisotopic (exact) mass is 393 g/mol. The maximum atomic E-state index is 11.4. The number of aromatic nitrogens is 1. The number of carbonyl (C=O) groups is 1. The summed E-state index contributed by atoms with van der Waals surface area (Å²) in [6, 6.07) is 13.6. The molecule has 1 fully saturated rings. The van der Waals surface area contributed by atoms with E-state index < -0.39 is 5.97 Å². The first-order chi connectivity index (χ1) is 12.1. The van der Waals surface area contributed by atoms with Gasteiger partial charge in [0.2, 0.25) is 0 Å². The van der Waals surface area contributed by atoms with Crippen LogP contribution in [0.25, 0.3) is 22.2 Å². The van der Waals surface area contributed by atoms with E-state index in [1.807, 2.05) is 24.3 Å². The van der Waals surface area contributed by atoms with Gasteiger partial charge in [-0.05, 0) is 72.6 Å². The summed E-state index contributed by atoms with van der Waals surface area (Å²) in [7, 11) is 0. The standard InChI is InChI=1S/C21H16BrNO2/c22-15-6-3-11(4-7-15)20-19-13-2-1-12(9-13)18(19)16-10-14(21(24)25)5-8-17(16)23-20/h3-8,10,12-13H,1-2,9H2,(H,24,25). The minimum absolute atomic E-state index is 0.343. The Balaban J connectivity index is 1.83. The van der Waals surface area contributed by atoms with E-state index in [-0.39, 0.29) is 0 Å². The second-order valence-corrected chi connectivity index (χ2v) is 7.95. The molecule has 0 aliphatic heterocycles. The van der Waals surface area contributed by atoms with E-state index in [2.05, 4.69) is 28.1 Å². The van der Waals surface area contributed by atoms with Crippen LogP contribution in [-0.2, 0) is 0 Å². The molecule has 2 bridgehead atoms. The lowest BCUT2D eigenvalue weighted by Crippen LogP contribution is -2.05. The number of benzene rings is 2. The maximum absolute atomic E-state index is 11.4. The van der Waals surface area contributed by atoms with E-state index in [0.717, 1.165) is 26.6 Å². The van der Waals surface area contributed by atoms with Gasteiger partial charge < -0.3 is 5.11 Å². The van der Waals surface area contributed by atoms with E-state index in [1.165, 1.54) is 30.4 Å². The molecule has 2 atom stereocenters. The molecule has 0 spiro atoms. The average Bonchev–Trinajstić information content (AvgIpc) is 3.23. The summed E-state index contributed by atoms with van der Waals surface area (Å²) in [6.07, 6.45) is 3.60. The van der Waals surface area contributed by atoms with Gasteiger partial charge in [-0.3, -0.25) is 0 Å². The number of hydrogen-bond acceptors (Lipinski definition) is 2. The van der Waals surface area contributed by atoms with Gasteiger partial charge in [0.05, 0.1) is 16.8 Å². The van der Waals surface area contributed by atoms with Crippen LogP contribution >= 0.6 is 15.9 Å². The largest absolute Gasteiger partial charge is 0.478 e. The van der Waals surface area contributed by atoms with Crippen molar-refractivity contribution in [2.24, 2.45) is 0 Å². The van der Waals surface area contributed by atoms with Crippen LogP contribution in [0.2, 0.25) is 0 Å². The van der Waals surface area contributed by atoms with Gasteiger partial charge in [0.25, 0.3) is 0 Å². The summed E-state index contributed by atoms with van der Waals surface area (Å²) in [5.41, 5.74) is 6.15. The molecule has 2 unspecified atom stereocenters. The third-order valence-electron chi connectivity index (χ3n) is 5.68. The fourth-order valence-corrected chi connectivity index (χ4v) is 4.89. The smallest absolute Gasteiger partial charge is 0.335 e. The van der Waals surface area contributed by atoms with Crippen molar-refractivity contribution < 1.29 is 9.90 Å². The van der Waals surface area contributed by atoms with Crippen molar-refractivity contribution in [3.8, 4) is 11.3 Å². The van der Waals surface area contributed by atoms with Gasteiger partial charge in [0.15, 0.2) is 0 Å². The lowest BCUT2D eigenvalue weighted by molar-refractivity contribution is 0.0697. The Morgan fingerprint density at radius 1 is 1.04 bits per heavy atom. The Morgan fingerprint density at radius 3 is 2.48 bits per heavy atom. The SMILES string of the molecule is O=C(O)c1ccc2nc(-c3ccc(Br)cc3)c3c(c2c1)C1CCC3C1. The maximum Gasteiger partial charge on any atom is 0.335 e. The van der Waals surface area contributed by atoms with Crippen molar-refractivity contribution in [3.05, 3.63) is 63.6 Å². The van der Waals surface area contributed by atoms with E-state index >= 15 is 0 Å². The van der Waals surface area contributed by atoms with E-state index in [0.29, 0.717) is 17.4 Å². The molecule has 25 heavy (non-hydrogen) atoms. The van der Waals surface area contributed by atoms with Crippen molar-refractivity contribution in [2.75, 3.05) is 0 Å². The van der Waals surface area contributed by atoms with Gasteiger partial charge in [0, 0.05) is 15.4 Å². The van der Waals surface area contributed by atoms with Crippen LogP contribution in [0.5, 0.6) is 0 Å². The molecule has 2 aliphatic carbocycles. The van der Waals surface area contributed by atoms with Crippen LogP contribution in [0.4, 0.5) is 0 Å². The first-order valence-electron chi connectivity index (χ1n) is 8.58. The Bertz CT molecular complexity index is 1030. The minimum Gasteiger partial charge on any atom is -0.478 e. The molecular weight excluding hydrogens is 378 g/mol. The molecule has 2 aliphatic rings. The molecule has 0 radical (unpaired) electrons. The zero-order valence-corrected chi connectivity index (χ0v) is 15.1. The molecule has 1 heterocycles. The third kappa shape index (κ3) is 2.24. The highest BCUT2D eigenvalue weighted by Gasteiger charge is 2.40. The number of carboxylic acid groups (broad SMARTS) is 1. The number of nitrogens with zero attached hydrogens (tertiary/aromatic N) is 1. The van der Waals surface area contributed by atoms with Crippen molar-refractivity contribution >= 4 is 32.8 Å². The zero-order chi connectivity index (χ0) is 17.1. The highest BCUT2D eigenvalue weighted by molar-refractivity contribution is 9.10. The highest BCUT2D eigenvalue weighted by Crippen LogP contribution is 2.57. The zero-order valence-electron chi connectivity index (χ0n) is 13.5. The van der Waals surface area contributed by atoms with Gasteiger partial charge in [0.1, 0.15) is 0 Å². The molecular formula is C21H16BrNO2. The van der Waals surface area contributed by atoms with Crippen LogP contribution in [0.3, 0.4) is 0 Å². The van der Waals surface area contributed by atoms with E-state index in [1.54, 1.807) is 6.07 Å². The summed E-state index contributed by atoms with van der Waals surface area (Å²) in [6.45, 7) is 0. The molecule has 1 N–H and O–H groups in total. The van der Waals surface area contributed by atoms with Crippen LogP contribution in [-0.4, -0.2) is 16.1 Å². The van der Waals surface area contributed by atoms with Crippen LogP contribution < -0.4 is 0 Å². The van der Waals surface area contributed by atoms with Crippen molar-refractivity contribution in [1.29, 1.82) is 0 Å². The van der Waals surface area contributed by atoms with Crippen molar-refractivity contribution in [3.63, 3.8) is 0 Å². The van der Waals surface area contributed by atoms with Crippen molar-refractivity contribution in [1.82, 2.24) is 4.98 Å². The first kappa shape index (κ1) is 15.1. The van der Waals surface area contributed by atoms with Gasteiger partial charge in [-0.25, -0.2) is 9.78 Å². The normalized spacial score (nSPS) is 20.8. The van der Waals surface area contributed by atoms with Crippen LogP contribution in [0.15, 0.2) is 46.9 Å². The quantitative estimate of drug-likeness (QED) is 0.604. The fourth-order valence-electron chi connectivity index (χ4n) is 4.62. The second-order valence-electron chi connectivity index (χ2n) is 7.04. The Morgan fingerprint density at radius 2 is 1.76 bits per heavy atom. The molecule has 1 aromatic heterocycles. The number of rotatable bonds is 2. The number of carboxylic acids is 1. The van der Waals surface area contributed by atoms with Crippen molar-refractivity contribution in [2.45, 2.75) is 31.1 Å². The Labute approximate surface area is 153 Å². The summed E-state index contributed by atoms with van der Waals surface area (Å²) in [5, 5.41) is 10.4.